The summed E-state index contributed by atoms with van der Waals surface area (Å²) in [6.45, 7) is 0. The molecule has 0 saturated carbocycles. The molecule has 17 heavy (non-hydrogen) atoms. The second kappa shape index (κ2) is 5.32. The number of furan rings is 1. The van der Waals surface area contributed by atoms with Crippen molar-refractivity contribution in [1.82, 2.24) is 5.43 Å². The minimum atomic E-state index is -0.290. The van der Waals surface area contributed by atoms with Crippen molar-refractivity contribution in [3.05, 3.63) is 59.0 Å². The fourth-order valence-corrected chi connectivity index (χ4v) is 1.31. The summed E-state index contributed by atoms with van der Waals surface area (Å²) in [5, 5.41) is 4.38. The highest BCUT2D eigenvalue weighted by atomic mass is 35.5. The number of halogens is 1. The highest BCUT2D eigenvalue weighted by molar-refractivity contribution is 6.30. The lowest BCUT2D eigenvalue weighted by atomic mass is 10.2. The molecule has 0 fully saturated rings. The first-order valence-electron chi connectivity index (χ1n) is 4.87. The third-order valence-electron chi connectivity index (χ3n) is 2.03. The molecular weight excluding hydrogens is 240 g/mol. The molecule has 1 aromatic heterocycles. The molecule has 0 bridgehead atoms. The van der Waals surface area contributed by atoms with Crippen molar-refractivity contribution in [3.63, 3.8) is 0 Å². The zero-order chi connectivity index (χ0) is 12.1. The maximum absolute atomic E-state index is 11.6. The van der Waals surface area contributed by atoms with Crippen LogP contribution in [-0.4, -0.2) is 12.1 Å². The van der Waals surface area contributed by atoms with Crippen LogP contribution in [0.4, 0.5) is 0 Å². The molecule has 1 N–H and O–H groups in total. The van der Waals surface area contributed by atoms with Crippen molar-refractivity contribution < 1.29 is 9.21 Å². The molecule has 0 unspecified atom stereocenters. The van der Waals surface area contributed by atoms with E-state index in [2.05, 4.69) is 10.5 Å². The molecule has 0 saturated heterocycles. The lowest BCUT2D eigenvalue weighted by Gasteiger charge is -1.98. The molecule has 2 aromatic rings. The van der Waals surface area contributed by atoms with Gasteiger partial charge in [0.1, 0.15) is 0 Å². The molecule has 0 aliphatic rings. The monoisotopic (exact) mass is 248 g/mol. The van der Waals surface area contributed by atoms with E-state index in [1.807, 2.05) is 0 Å². The Kier molecular flexibility index (Phi) is 3.57. The maximum atomic E-state index is 11.6. The summed E-state index contributed by atoms with van der Waals surface area (Å²) in [4.78, 5) is 11.6. The molecule has 0 atom stereocenters. The third kappa shape index (κ3) is 3.19. The van der Waals surface area contributed by atoms with Crippen molar-refractivity contribution in [2.45, 2.75) is 0 Å². The van der Waals surface area contributed by atoms with Gasteiger partial charge in [-0.2, -0.15) is 5.10 Å². The Labute approximate surface area is 103 Å². The fraction of sp³-hybridized carbons (Fsp3) is 0. The van der Waals surface area contributed by atoms with Crippen LogP contribution in [0.5, 0.6) is 0 Å². The topological polar surface area (TPSA) is 54.6 Å². The van der Waals surface area contributed by atoms with E-state index in [1.165, 1.54) is 18.7 Å². The summed E-state index contributed by atoms with van der Waals surface area (Å²) < 4.78 is 4.85. The maximum Gasteiger partial charge on any atom is 0.271 e. The molecule has 0 aliphatic heterocycles. The summed E-state index contributed by atoms with van der Waals surface area (Å²) in [5.41, 5.74) is 3.68. The Morgan fingerprint density at radius 1 is 1.29 bits per heavy atom. The number of rotatable bonds is 3. The van der Waals surface area contributed by atoms with Crippen LogP contribution in [0.1, 0.15) is 15.9 Å². The average molecular weight is 249 g/mol. The Hall–Kier alpha value is -2.07. The largest absolute Gasteiger partial charge is 0.472 e. The molecule has 2 rings (SSSR count). The van der Waals surface area contributed by atoms with Crippen molar-refractivity contribution in [2.75, 3.05) is 0 Å². The third-order valence-corrected chi connectivity index (χ3v) is 2.28. The number of carbonyl (C=O) groups excluding carboxylic acids is 1. The molecule has 4 nitrogen and oxygen atoms in total. The Morgan fingerprint density at radius 2 is 2.06 bits per heavy atom. The number of nitrogens with zero attached hydrogens (tertiary/aromatic N) is 1. The number of hydrogen-bond acceptors (Lipinski definition) is 3. The van der Waals surface area contributed by atoms with E-state index in [0.717, 1.165) is 5.56 Å². The van der Waals surface area contributed by atoms with Crippen LogP contribution in [0.25, 0.3) is 0 Å². The van der Waals surface area contributed by atoms with Gasteiger partial charge in [0.25, 0.3) is 5.91 Å². The normalized spacial score (nSPS) is 10.6. The van der Waals surface area contributed by atoms with Crippen LogP contribution >= 0.6 is 11.6 Å². The van der Waals surface area contributed by atoms with Gasteiger partial charge >= 0.3 is 0 Å². The molecular formula is C12H9ClN2O2. The number of benzene rings is 1. The highest BCUT2D eigenvalue weighted by Gasteiger charge is 2.02. The van der Waals surface area contributed by atoms with Gasteiger partial charge in [-0.15, -0.1) is 0 Å². The Bertz CT molecular complexity index is 518. The quantitative estimate of drug-likeness (QED) is 0.671. The van der Waals surface area contributed by atoms with Crippen LogP contribution < -0.4 is 5.43 Å². The molecule has 1 aromatic carbocycles. The fourth-order valence-electron chi connectivity index (χ4n) is 1.18. The smallest absolute Gasteiger partial charge is 0.271 e. The molecule has 1 heterocycles. The number of hydrazone groups is 1. The standard InChI is InChI=1S/C12H9ClN2O2/c13-11-3-1-10(2-4-11)12(16)15-14-7-9-5-6-17-8-9/h1-8H,(H,15,16)/b14-7+. The Morgan fingerprint density at radius 3 is 2.71 bits per heavy atom. The molecule has 0 aliphatic carbocycles. The number of amides is 1. The van der Waals surface area contributed by atoms with Gasteiger partial charge in [-0.1, -0.05) is 11.6 Å². The van der Waals surface area contributed by atoms with Crippen LogP contribution in [0.2, 0.25) is 5.02 Å². The average Bonchev–Trinajstić information content (AvgIpc) is 2.83. The van der Waals surface area contributed by atoms with Gasteiger partial charge in [-0.05, 0) is 30.3 Å². The first kappa shape index (κ1) is 11.4. The van der Waals surface area contributed by atoms with Gasteiger partial charge in [0, 0.05) is 16.1 Å². The predicted octanol–water partition coefficient (Wildman–Crippen LogP) is 2.70. The molecule has 0 spiro atoms. The van der Waals surface area contributed by atoms with E-state index < -0.39 is 0 Å². The van der Waals surface area contributed by atoms with Gasteiger partial charge in [0.15, 0.2) is 0 Å². The van der Waals surface area contributed by atoms with Gasteiger partial charge in [0.05, 0.1) is 18.7 Å². The van der Waals surface area contributed by atoms with Crippen LogP contribution in [0.3, 0.4) is 0 Å². The summed E-state index contributed by atoms with van der Waals surface area (Å²) in [7, 11) is 0. The van der Waals surface area contributed by atoms with Gasteiger partial charge in [-0.3, -0.25) is 4.79 Å². The van der Waals surface area contributed by atoms with E-state index in [1.54, 1.807) is 30.3 Å². The van der Waals surface area contributed by atoms with Gasteiger partial charge in [0.2, 0.25) is 0 Å². The molecule has 1 amide bonds. The summed E-state index contributed by atoms with van der Waals surface area (Å²) >= 11 is 5.72. The second-order valence-corrected chi connectivity index (χ2v) is 3.70. The lowest BCUT2D eigenvalue weighted by Crippen LogP contribution is -2.17. The van der Waals surface area contributed by atoms with Crippen LogP contribution in [-0.2, 0) is 0 Å². The van der Waals surface area contributed by atoms with Gasteiger partial charge in [-0.25, -0.2) is 5.43 Å². The van der Waals surface area contributed by atoms with E-state index >= 15 is 0 Å². The van der Waals surface area contributed by atoms with E-state index in [9.17, 15) is 4.79 Å². The summed E-state index contributed by atoms with van der Waals surface area (Å²) in [6.07, 6.45) is 4.55. The van der Waals surface area contributed by atoms with Crippen molar-refractivity contribution >= 4 is 23.7 Å². The van der Waals surface area contributed by atoms with Crippen molar-refractivity contribution in [1.29, 1.82) is 0 Å². The highest BCUT2D eigenvalue weighted by Crippen LogP contribution is 2.09. The summed E-state index contributed by atoms with van der Waals surface area (Å²) in [5.74, 6) is -0.290. The van der Waals surface area contributed by atoms with Crippen LogP contribution in [0, 0.1) is 0 Å². The zero-order valence-electron chi connectivity index (χ0n) is 8.76. The SMILES string of the molecule is O=C(N/N=C/c1ccoc1)c1ccc(Cl)cc1. The first-order chi connectivity index (χ1) is 8.25. The zero-order valence-corrected chi connectivity index (χ0v) is 9.52. The molecule has 5 heteroatoms. The van der Waals surface area contributed by atoms with Crippen molar-refractivity contribution in [2.24, 2.45) is 5.10 Å². The van der Waals surface area contributed by atoms with Crippen molar-refractivity contribution in [3.8, 4) is 0 Å². The minimum absolute atomic E-state index is 0.290. The number of nitrogens with one attached hydrogen (secondary N) is 1. The van der Waals surface area contributed by atoms with E-state index in [-0.39, 0.29) is 5.91 Å². The minimum Gasteiger partial charge on any atom is -0.472 e. The number of carbonyl (C=O) groups is 1. The molecule has 86 valence electrons. The first-order valence-corrected chi connectivity index (χ1v) is 5.25. The van der Waals surface area contributed by atoms with E-state index in [0.29, 0.717) is 10.6 Å². The van der Waals surface area contributed by atoms with E-state index in [4.69, 9.17) is 16.0 Å². The number of hydrogen-bond donors (Lipinski definition) is 1. The second-order valence-electron chi connectivity index (χ2n) is 3.26. The summed E-state index contributed by atoms with van der Waals surface area (Å²) in [6, 6.07) is 8.29. The lowest BCUT2D eigenvalue weighted by molar-refractivity contribution is 0.0955. The molecule has 0 radical (unpaired) electrons. The predicted molar refractivity (Wildman–Crippen MR) is 65.2 cm³/mol. The van der Waals surface area contributed by atoms with Gasteiger partial charge < -0.3 is 4.42 Å². The Balaban J connectivity index is 1.96. The van der Waals surface area contributed by atoms with Crippen LogP contribution in [0.15, 0.2) is 52.4 Å².